The van der Waals surface area contributed by atoms with Crippen LogP contribution >= 0.6 is 11.6 Å². The number of H-pyrrole nitrogens is 1. The van der Waals surface area contributed by atoms with Gasteiger partial charge in [0.1, 0.15) is 12.4 Å². The molecule has 1 atom stereocenters. The molecule has 0 radical (unpaired) electrons. The minimum Gasteiger partial charge on any atom is -0.493 e. The number of aromatic amines is 1. The second-order valence-corrected chi connectivity index (χ2v) is 7.28. The molecule has 1 aliphatic heterocycles. The van der Waals surface area contributed by atoms with E-state index in [2.05, 4.69) is 15.3 Å². The molecule has 30 heavy (non-hydrogen) atoms. The topological polar surface area (TPSA) is 119 Å². The summed E-state index contributed by atoms with van der Waals surface area (Å²) in [4.78, 5) is 31.2. The number of amides is 1. The molecule has 3 aromatic rings. The minimum absolute atomic E-state index is 0.0537. The summed E-state index contributed by atoms with van der Waals surface area (Å²) in [6.07, 6.45) is 0.105. The fourth-order valence-corrected chi connectivity index (χ4v) is 3.69. The van der Waals surface area contributed by atoms with E-state index in [1.54, 1.807) is 24.3 Å². The van der Waals surface area contributed by atoms with Gasteiger partial charge in [-0.15, -0.1) is 0 Å². The van der Waals surface area contributed by atoms with Gasteiger partial charge in [-0.3, -0.25) is 14.6 Å². The summed E-state index contributed by atoms with van der Waals surface area (Å²) >= 11 is 6.01. The van der Waals surface area contributed by atoms with Crippen LogP contribution in [0.5, 0.6) is 11.5 Å². The van der Waals surface area contributed by atoms with Crippen molar-refractivity contribution in [3.8, 4) is 11.5 Å². The number of carbonyl (C=O) groups excluding carboxylic acids is 1. The molecule has 1 amide bonds. The van der Waals surface area contributed by atoms with Gasteiger partial charge in [-0.05, 0) is 35.4 Å². The SMILES string of the molecule is COc1cc([C@H]2CC(=O)Nc3nc(N)[nH]c(=O)c32)ccc1OCc1cccc(Cl)c1. The Morgan fingerprint density at radius 1 is 1.20 bits per heavy atom. The Balaban J connectivity index is 1.65. The summed E-state index contributed by atoms with van der Waals surface area (Å²) in [5, 5.41) is 3.24. The van der Waals surface area contributed by atoms with Gasteiger partial charge < -0.3 is 20.5 Å². The molecule has 8 nitrogen and oxygen atoms in total. The van der Waals surface area contributed by atoms with Crippen molar-refractivity contribution in [2.45, 2.75) is 18.9 Å². The highest BCUT2D eigenvalue weighted by atomic mass is 35.5. The molecule has 0 spiro atoms. The number of rotatable bonds is 5. The molecular weight excluding hydrogens is 408 g/mol. The Bertz CT molecular complexity index is 1180. The van der Waals surface area contributed by atoms with Gasteiger partial charge in [0.05, 0.1) is 12.7 Å². The van der Waals surface area contributed by atoms with E-state index in [1.807, 2.05) is 18.2 Å². The van der Waals surface area contributed by atoms with Crippen LogP contribution in [0.4, 0.5) is 11.8 Å². The van der Waals surface area contributed by atoms with E-state index < -0.39 is 5.92 Å². The summed E-state index contributed by atoms with van der Waals surface area (Å²) in [5.41, 5.74) is 7.23. The number of nitrogens with one attached hydrogen (secondary N) is 2. The van der Waals surface area contributed by atoms with Crippen LogP contribution in [-0.2, 0) is 11.4 Å². The summed E-state index contributed by atoms with van der Waals surface area (Å²) in [6.45, 7) is 0.313. The van der Waals surface area contributed by atoms with Gasteiger partial charge in [0.25, 0.3) is 5.56 Å². The Kier molecular flexibility index (Phi) is 5.33. The maximum absolute atomic E-state index is 12.5. The lowest BCUT2D eigenvalue weighted by Gasteiger charge is -2.25. The summed E-state index contributed by atoms with van der Waals surface area (Å²) in [6, 6.07) is 12.7. The first-order valence-corrected chi connectivity index (χ1v) is 9.57. The summed E-state index contributed by atoms with van der Waals surface area (Å²) in [5.74, 6) is 0.416. The third-order valence-corrected chi connectivity index (χ3v) is 5.08. The van der Waals surface area contributed by atoms with Crippen LogP contribution in [0.25, 0.3) is 0 Å². The molecule has 2 heterocycles. The zero-order valence-corrected chi connectivity index (χ0v) is 16.8. The largest absolute Gasteiger partial charge is 0.493 e. The molecule has 0 unspecified atom stereocenters. The van der Waals surface area contributed by atoms with Crippen LogP contribution < -0.4 is 26.1 Å². The van der Waals surface area contributed by atoms with E-state index in [4.69, 9.17) is 26.8 Å². The fourth-order valence-electron chi connectivity index (χ4n) is 3.48. The zero-order chi connectivity index (χ0) is 21.3. The van der Waals surface area contributed by atoms with E-state index in [0.717, 1.165) is 11.1 Å². The number of halogens is 1. The number of aromatic nitrogens is 2. The van der Waals surface area contributed by atoms with Crippen LogP contribution in [0, 0.1) is 0 Å². The molecule has 0 bridgehead atoms. The average Bonchev–Trinajstić information content (AvgIpc) is 2.71. The molecule has 1 aromatic heterocycles. The molecule has 4 N–H and O–H groups in total. The Labute approximate surface area is 177 Å². The molecule has 2 aromatic carbocycles. The van der Waals surface area contributed by atoms with Crippen molar-refractivity contribution >= 4 is 29.3 Å². The minimum atomic E-state index is -0.485. The Hall–Kier alpha value is -3.52. The van der Waals surface area contributed by atoms with Gasteiger partial charge in [-0.25, -0.2) is 0 Å². The summed E-state index contributed by atoms with van der Waals surface area (Å²) in [7, 11) is 1.53. The number of fused-ring (bicyclic) bond motifs is 1. The van der Waals surface area contributed by atoms with Crippen LogP contribution in [-0.4, -0.2) is 23.0 Å². The van der Waals surface area contributed by atoms with Crippen molar-refractivity contribution in [1.82, 2.24) is 9.97 Å². The maximum atomic E-state index is 12.5. The average molecular weight is 427 g/mol. The number of carbonyl (C=O) groups is 1. The molecule has 1 aliphatic rings. The third kappa shape index (κ3) is 3.95. The van der Waals surface area contributed by atoms with Crippen LogP contribution in [0.3, 0.4) is 0 Å². The second-order valence-electron chi connectivity index (χ2n) is 6.85. The number of methoxy groups -OCH3 is 1. The molecule has 154 valence electrons. The quantitative estimate of drug-likeness (QED) is 0.576. The van der Waals surface area contributed by atoms with Crippen molar-refractivity contribution in [1.29, 1.82) is 0 Å². The number of nitrogens with zero attached hydrogens (tertiary/aromatic N) is 1. The predicted molar refractivity (Wildman–Crippen MR) is 113 cm³/mol. The first kappa shape index (κ1) is 19.8. The predicted octanol–water partition coefficient (Wildman–Crippen LogP) is 3.07. The second kappa shape index (κ2) is 8.08. The van der Waals surface area contributed by atoms with E-state index in [-0.39, 0.29) is 29.7 Å². The lowest BCUT2D eigenvalue weighted by Crippen LogP contribution is -2.31. The smallest absolute Gasteiger partial charge is 0.258 e. The number of hydrogen-bond acceptors (Lipinski definition) is 6. The molecule has 0 aliphatic carbocycles. The van der Waals surface area contributed by atoms with Crippen molar-refractivity contribution in [2.24, 2.45) is 0 Å². The van der Waals surface area contributed by atoms with Gasteiger partial charge in [0, 0.05) is 17.4 Å². The molecule has 0 fully saturated rings. The monoisotopic (exact) mass is 426 g/mol. The van der Waals surface area contributed by atoms with E-state index in [0.29, 0.717) is 28.7 Å². The Morgan fingerprint density at radius 2 is 2.03 bits per heavy atom. The Morgan fingerprint density at radius 3 is 2.80 bits per heavy atom. The van der Waals surface area contributed by atoms with Gasteiger partial charge >= 0.3 is 0 Å². The van der Waals surface area contributed by atoms with Gasteiger partial charge in [0.15, 0.2) is 11.5 Å². The highest BCUT2D eigenvalue weighted by Gasteiger charge is 2.31. The lowest BCUT2D eigenvalue weighted by molar-refractivity contribution is -0.116. The number of hydrogen-bond donors (Lipinski definition) is 3. The lowest BCUT2D eigenvalue weighted by atomic mass is 9.86. The standard InChI is InChI=1S/C21H19ClN4O4/c1-29-16-8-12(5-6-15(16)30-10-11-3-2-4-13(22)7-11)14-9-17(27)24-19-18(14)20(28)26-21(23)25-19/h2-8,14H,9-10H2,1H3,(H4,23,24,25,26,27,28)/t14-/m1/s1. The van der Waals surface area contributed by atoms with Crippen LogP contribution in [0.15, 0.2) is 47.3 Å². The number of nitrogens with two attached hydrogens (primary N) is 1. The van der Waals surface area contributed by atoms with E-state index in [9.17, 15) is 9.59 Å². The highest BCUT2D eigenvalue weighted by Crippen LogP contribution is 2.38. The number of nitrogen functional groups attached to an aromatic ring is 1. The molecule has 9 heteroatoms. The first-order valence-electron chi connectivity index (χ1n) is 9.19. The maximum Gasteiger partial charge on any atom is 0.258 e. The van der Waals surface area contributed by atoms with Crippen molar-refractivity contribution in [3.05, 3.63) is 74.5 Å². The van der Waals surface area contributed by atoms with Crippen molar-refractivity contribution < 1.29 is 14.3 Å². The first-order chi connectivity index (χ1) is 14.4. The highest BCUT2D eigenvalue weighted by molar-refractivity contribution is 6.30. The normalized spacial score (nSPS) is 15.3. The molecular formula is C21H19ClN4O4. The van der Waals surface area contributed by atoms with Crippen LogP contribution in [0.1, 0.15) is 29.0 Å². The van der Waals surface area contributed by atoms with E-state index in [1.165, 1.54) is 7.11 Å². The van der Waals surface area contributed by atoms with Crippen molar-refractivity contribution in [3.63, 3.8) is 0 Å². The van der Waals surface area contributed by atoms with Gasteiger partial charge in [-0.1, -0.05) is 29.8 Å². The fraction of sp³-hybridized carbons (Fsp3) is 0.190. The number of anilines is 2. The molecule has 0 saturated carbocycles. The number of benzene rings is 2. The van der Waals surface area contributed by atoms with Gasteiger partial charge in [-0.2, -0.15) is 4.98 Å². The molecule has 0 saturated heterocycles. The number of ether oxygens (including phenoxy) is 2. The van der Waals surface area contributed by atoms with Gasteiger partial charge in [0.2, 0.25) is 11.9 Å². The van der Waals surface area contributed by atoms with E-state index >= 15 is 0 Å². The van der Waals surface area contributed by atoms with Crippen LogP contribution in [0.2, 0.25) is 5.02 Å². The zero-order valence-electron chi connectivity index (χ0n) is 16.1. The summed E-state index contributed by atoms with van der Waals surface area (Å²) < 4.78 is 11.4. The van der Waals surface area contributed by atoms with Crippen molar-refractivity contribution in [2.75, 3.05) is 18.2 Å². The third-order valence-electron chi connectivity index (χ3n) is 4.84. The molecule has 4 rings (SSSR count).